The van der Waals surface area contributed by atoms with Crippen LogP contribution in [0, 0.1) is 17.8 Å². The highest BCUT2D eigenvalue weighted by molar-refractivity contribution is 5.79. The molecule has 13 heavy (non-hydrogen) atoms. The zero-order chi connectivity index (χ0) is 9.84. The number of rotatable bonds is 3. The summed E-state index contributed by atoms with van der Waals surface area (Å²) >= 11 is 0. The third-order valence-electron chi connectivity index (χ3n) is 3.21. The van der Waals surface area contributed by atoms with E-state index < -0.39 is 5.97 Å². The molecule has 1 saturated carbocycles. The molecule has 1 aliphatic carbocycles. The van der Waals surface area contributed by atoms with Crippen LogP contribution in [0.15, 0.2) is 12.2 Å². The van der Waals surface area contributed by atoms with E-state index in [9.17, 15) is 4.79 Å². The highest BCUT2D eigenvalue weighted by Crippen LogP contribution is 2.38. The van der Waals surface area contributed by atoms with E-state index in [-0.39, 0.29) is 0 Å². The smallest absolute Gasteiger partial charge is 0.327 e. The van der Waals surface area contributed by atoms with E-state index >= 15 is 0 Å². The average molecular weight is 182 g/mol. The number of hydrogen-bond donors (Lipinski definition) is 1. The summed E-state index contributed by atoms with van der Waals surface area (Å²) in [6, 6.07) is 0. The van der Waals surface area contributed by atoms with Gasteiger partial charge in [-0.15, -0.1) is 0 Å². The van der Waals surface area contributed by atoms with Gasteiger partial charge < -0.3 is 5.11 Å². The molecule has 0 aliphatic heterocycles. The van der Waals surface area contributed by atoms with Gasteiger partial charge in [-0.3, -0.25) is 0 Å². The van der Waals surface area contributed by atoms with Gasteiger partial charge in [-0.1, -0.05) is 32.8 Å². The molecule has 0 heterocycles. The van der Waals surface area contributed by atoms with Crippen LogP contribution in [0.25, 0.3) is 0 Å². The van der Waals surface area contributed by atoms with Crippen LogP contribution in [-0.2, 0) is 4.79 Å². The van der Waals surface area contributed by atoms with E-state index in [0.29, 0.717) is 5.92 Å². The van der Waals surface area contributed by atoms with Crippen LogP contribution in [0.1, 0.15) is 33.1 Å². The summed E-state index contributed by atoms with van der Waals surface area (Å²) in [6.45, 7) is 4.53. The van der Waals surface area contributed by atoms with Gasteiger partial charge in [-0.2, -0.15) is 0 Å². The number of carboxylic acid groups (broad SMARTS) is 1. The number of carboxylic acids is 1. The topological polar surface area (TPSA) is 37.3 Å². The van der Waals surface area contributed by atoms with Gasteiger partial charge in [0.15, 0.2) is 0 Å². The van der Waals surface area contributed by atoms with E-state index in [4.69, 9.17) is 5.11 Å². The molecule has 0 aromatic rings. The molecular formula is C11H18O2. The van der Waals surface area contributed by atoms with Crippen LogP contribution in [0.4, 0.5) is 0 Å². The van der Waals surface area contributed by atoms with Crippen molar-refractivity contribution in [2.45, 2.75) is 33.1 Å². The first-order valence-electron chi connectivity index (χ1n) is 5.00. The molecule has 0 unspecified atom stereocenters. The van der Waals surface area contributed by atoms with Gasteiger partial charge in [0.05, 0.1) is 0 Å². The van der Waals surface area contributed by atoms with Crippen molar-refractivity contribution in [2.24, 2.45) is 17.8 Å². The first-order valence-corrected chi connectivity index (χ1v) is 5.00. The Morgan fingerprint density at radius 2 is 1.92 bits per heavy atom. The maximum atomic E-state index is 10.2. The largest absolute Gasteiger partial charge is 0.478 e. The Labute approximate surface area is 79.6 Å². The van der Waals surface area contributed by atoms with Crippen molar-refractivity contribution in [2.75, 3.05) is 0 Å². The summed E-state index contributed by atoms with van der Waals surface area (Å²) in [6.07, 6.45) is 6.58. The molecule has 2 nitrogen and oxygen atoms in total. The number of hydrogen-bond acceptors (Lipinski definition) is 1. The predicted molar refractivity (Wildman–Crippen MR) is 52.4 cm³/mol. The van der Waals surface area contributed by atoms with E-state index in [0.717, 1.165) is 18.3 Å². The Balaban J connectivity index is 2.39. The zero-order valence-corrected chi connectivity index (χ0v) is 8.36. The van der Waals surface area contributed by atoms with Crippen molar-refractivity contribution >= 4 is 5.97 Å². The Morgan fingerprint density at radius 1 is 1.38 bits per heavy atom. The fraction of sp³-hybridized carbons (Fsp3) is 0.727. The van der Waals surface area contributed by atoms with E-state index in [2.05, 4.69) is 13.8 Å². The van der Waals surface area contributed by atoms with Gasteiger partial charge in [0.25, 0.3) is 0 Å². The third-order valence-corrected chi connectivity index (χ3v) is 3.21. The molecule has 0 bridgehead atoms. The summed E-state index contributed by atoms with van der Waals surface area (Å²) in [5.74, 6) is 1.37. The highest BCUT2D eigenvalue weighted by Gasteiger charge is 2.28. The monoisotopic (exact) mass is 182 g/mol. The van der Waals surface area contributed by atoms with Crippen LogP contribution >= 0.6 is 0 Å². The molecule has 0 aromatic heterocycles. The lowest BCUT2D eigenvalue weighted by molar-refractivity contribution is -0.131. The van der Waals surface area contributed by atoms with Crippen LogP contribution in [-0.4, -0.2) is 11.1 Å². The molecular weight excluding hydrogens is 164 g/mol. The summed E-state index contributed by atoms with van der Waals surface area (Å²) in [5.41, 5.74) is 0. The molecule has 2 heteroatoms. The molecule has 0 amide bonds. The van der Waals surface area contributed by atoms with Crippen molar-refractivity contribution in [3.05, 3.63) is 12.2 Å². The second kappa shape index (κ2) is 4.45. The second-order valence-corrected chi connectivity index (χ2v) is 4.17. The molecule has 1 fully saturated rings. The standard InChI is InChI=1S/C11H18O2/c1-8-6-7-9(2)10(8)4-3-5-11(12)13/h3,5,8-10H,4,6-7H2,1-2H3,(H,12,13)/b5-3+/t8-,9-/m0/s1. The second-order valence-electron chi connectivity index (χ2n) is 4.17. The third kappa shape index (κ3) is 2.87. The van der Waals surface area contributed by atoms with Gasteiger partial charge in [-0.05, 0) is 24.2 Å². The van der Waals surface area contributed by atoms with Gasteiger partial charge >= 0.3 is 5.97 Å². The first kappa shape index (κ1) is 10.3. The van der Waals surface area contributed by atoms with Gasteiger partial charge in [0.1, 0.15) is 0 Å². The van der Waals surface area contributed by atoms with Crippen LogP contribution < -0.4 is 0 Å². The lowest BCUT2D eigenvalue weighted by atomic mass is 9.88. The van der Waals surface area contributed by atoms with Gasteiger partial charge in [-0.25, -0.2) is 4.79 Å². The van der Waals surface area contributed by atoms with Crippen LogP contribution in [0.5, 0.6) is 0 Å². The molecule has 74 valence electrons. The van der Waals surface area contributed by atoms with Crippen molar-refractivity contribution in [3.8, 4) is 0 Å². The summed E-state index contributed by atoms with van der Waals surface area (Å²) in [7, 11) is 0. The quantitative estimate of drug-likeness (QED) is 0.681. The summed E-state index contributed by atoms with van der Waals surface area (Å²) < 4.78 is 0. The number of carbonyl (C=O) groups is 1. The van der Waals surface area contributed by atoms with Gasteiger partial charge in [0, 0.05) is 6.08 Å². The average Bonchev–Trinajstić information content (AvgIpc) is 2.34. The van der Waals surface area contributed by atoms with E-state index in [1.807, 2.05) is 0 Å². The number of aliphatic carboxylic acids is 1. The van der Waals surface area contributed by atoms with Crippen molar-refractivity contribution in [1.29, 1.82) is 0 Å². The van der Waals surface area contributed by atoms with Crippen molar-refractivity contribution in [1.82, 2.24) is 0 Å². The molecule has 0 saturated heterocycles. The lowest BCUT2D eigenvalue weighted by Crippen LogP contribution is -2.09. The SMILES string of the molecule is C[C@H]1CC[C@H](C)C1C/C=C/C(=O)O. The van der Waals surface area contributed by atoms with Crippen LogP contribution in [0.2, 0.25) is 0 Å². The molecule has 1 rings (SSSR count). The Kier molecular flexibility index (Phi) is 3.52. The minimum Gasteiger partial charge on any atom is -0.478 e. The Bertz CT molecular complexity index is 198. The minimum absolute atomic E-state index is 0.690. The molecule has 2 atom stereocenters. The van der Waals surface area contributed by atoms with Crippen molar-refractivity contribution < 1.29 is 9.90 Å². The van der Waals surface area contributed by atoms with Gasteiger partial charge in [0.2, 0.25) is 0 Å². The normalized spacial score (nSPS) is 30.0. The van der Waals surface area contributed by atoms with E-state index in [1.165, 1.54) is 18.9 Å². The molecule has 0 aromatic carbocycles. The lowest BCUT2D eigenvalue weighted by Gasteiger charge is -2.17. The predicted octanol–water partition coefficient (Wildman–Crippen LogP) is 2.70. The summed E-state index contributed by atoms with van der Waals surface area (Å²) in [4.78, 5) is 10.2. The fourth-order valence-electron chi connectivity index (χ4n) is 2.31. The van der Waals surface area contributed by atoms with E-state index in [1.54, 1.807) is 6.08 Å². The summed E-state index contributed by atoms with van der Waals surface area (Å²) in [5, 5.41) is 8.43. The van der Waals surface area contributed by atoms with Crippen LogP contribution in [0.3, 0.4) is 0 Å². The zero-order valence-electron chi connectivity index (χ0n) is 8.36. The molecule has 1 aliphatic rings. The molecule has 0 spiro atoms. The fourth-order valence-corrected chi connectivity index (χ4v) is 2.31. The minimum atomic E-state index is -0.835. The maximum absolute atomic E-state index is 10.2. The Hall–Kier alpha value is -0.790. The molecule has 0 radical (unpaired) electrons. The first-order chi connectivity index (χ1) is 6.11. The van der Waals surface area contributed by atoms with Crippen molar-refractivity contribution in [3.63, 3.8) is 0 Å². The molecule has 1 N–H and O–H groups in total. The highest BCUT2D eigenvalue weighted by atomic mass is 16.4. The maximum Gasteiger partial charge on any atom is 0.327 e. The number of allylic oxidation sites excluding steroid dienone is 1. The Morgan fingerprint density at radius 3 is 2.38 bits per heavy atom.